The Kier molecular flexibility index (Phi) is 10.1. The minimum absolute atomic E-state index is 0.195. The highest BCUT2D eigenvalue weighted by Crippen LogP contribution is 2.35. The molecule has 238 valence electrons. The Hall–Kier alpha value is -2.47. The number of carbonyl (C=O) groups excluding carboxylic acids is 1. The summed E-state index contributed by atoms with van der Waals surface area (Å²) in [6.45, 7) is 18.8. The fourth-order valence-electron chi connectivity index (χ4n) is 6.26. The normalized spacial score (nSPS) is 22.5. The molecule has 2 fully saturated rings. The predicted molar refractivity (Wildman–Crippen MR) is 174 cm³/mol. The largest absolute Gasteiger partial charge is 0.444 e. The summed E-state index contributed by atoms with van der Waals surface area (Å²) in [5, 5.41) is 4.91. The molecule has 4 heterocycles. The maximum Gasteiger partial charge on any atom is 0.410 e. The molecule has 0 bridgehead atoms. The number of aromatic nitrogens is 3. The third-order valence-electron chi connectivity index (χ3n) is 8.71. The molecule has 0 unspecified atom stereocenters. The van der Waals surface area contributed by atoms with Crippen LogP contribution in [0.1, 0.15) is 58.4 Å². The van der Waals surface area contributed by atoms with E-state index in [1.807, 2.05) is 25.7 Å². The molecule has 1 saturated heterocycles. The first kappa shape index (κ1) is 31.9. The van der Waals surface area contributed by atoms with Gasteiger partial charge in [-0.15, -0.1) is 0 Å². The van der Waals surface area contributed by atoms with E-state index >= 15 is 0 Å². The van der Waals surface area contributed by atoms with Gasteiger partial charge in [0.05, 0.1) is 18.6 Å². The van der Waals surface area contributed by atoms with Crippen LogP contribution < -0.4 is 5.32 Å². The summed E-state index contributed by atoms with van der Waals surface area (Å²) in [6.07, 6.45) is 11.2. The molecule has 0 spiro atoms. The van der Waals surface area contributed by atoms with E-state index in [2.05, 4.69) is 46.7 Å². The number of hydrogen-bond donors (Lipinski definition) is 1. The summed E-state index contributed by atoms with van der Waals surface area (Å²) in [5.74, 6) is 0.919. The second-order valence-corrected chi connectivity index (χ2v) is 20.1. The Morgan fingerprint density at radius 3 is 2.49 bits per heavy atom. The first-order valence-electron chi connectivity index (χ1n) is 16.1. The maximum absolute atomic E-state index is 12.5. The third-order valence-corrected chi connectivity index (χ3v) is 10.4. The van der Waals surface area contributed by atoms with Crippen molar-refractivity contribution in [2.45, 2.75) is 103 Å². The maximum atomic E-state index is 12.5. The molecule has 0 radical (unpaired) electrons. The van der Waals surface area contributed by atoms with Crippen LogP contribution in [0.5, 0.6) is 0 Å². The number of nitrogens with one attached hydrogen (secondary N) is 1. The van der Waals surface area contributed by atoms with Gasteiger partial charge in [-0.1, -0.05) is 25.7 Å². The van der Waals surface area contributed by atoms with Crippen molar-refractivity contribution in [1.29, 1.82) is 0 Å². The average Bonchev–Trinajstić information content (AvgIpc) is 3.34. The van der Waals surface area contributed by atoms with Crippen LogP contribution in [0.15, 0.2) is 18.6 Å². The predicted octanol–water partition coefficient (Wildman–Crippen LogP) is 5.82. The van der Waals surface area contributed by atoms with E-state index in [0.29, 0.717) is 25.4 Å². The SMILES string of the molecule is CC(C)(C)OC(=O)N1CCN([C@H]2CC[C@H](Nc3ncnc4c3c(C3=CCOCC3)cn4COCC[Si](C)(C)C)CC2)CC1. The van der Waals surface area contributed by atoms with Crippen LogP contribution in [0.25, 0.3) is 16.6 Å². The van der Waals surface area contributed by atoms with E-state index < -0.39 is 13.7 Å². The van der Waals surface area contributed by atoms with Gasteiger partial charge >= 0.3 is 6.09 Å². The molecule has 1 amide bonds. The van der Waals surface area contributed by atoms with Gasteiger partial charge in [0.2, 0.25) is 0 Å². The first-order valence-corrected chi connectivity index (χ1v) is 19.8. The molecular weight excluding hydrogens is 560 g/mol. The molecule has 2 aliphatic heterocycles. The van der Waals surface area contributed by atoms with Crippen molar-refractivity contribution in [3.63, 3.8) is 0 Å². The van der Waals surface area contributed by atoms with Crippen molar-refractivity contribution in [2.24, 2.45) is 0 Å². The number of piperazine rings is 1. The molecule has 1 N–H and O–H groups in total. The highest BCUT2D eigenvalue weighted by Gasteiger charge is 2.32. The summed E-state index contributed by atoms with van der Waals surface area (Å²) < 4.78 is 19.5. The second-order valence-electron chi connectivity index (χ2n) is 14.5. The van der Waals surface area contributed by atoms with Crippen LogP contribution in [0.3, 0.4) is 0 Å². The summed E-state index contributed by atoms with van der Waals surface area (Å²) in [5.41, 5.74) is 2.95. The zero-order valence-corrected chi connectivity index (χ0v) is 28.2. The van der Waals surface area contributed by atoms with Gasteiger partial charge < -0.3 is 29.0 Å². The zero-order valence-electron chi connectivity index (χ0n) is 27.2. The summed E-state index contributed by atoms with van der Waals surface area (Å²) >= 11 is 0. The number of ether oxygens (including phenoxy) is 3. The van der Waals surface area contributed by atoms with Crippen LogP contribution in [-0.2, 0) is 20.9 Å². The molecule has 3 aliphatic rings. The van der Waals surface area contributed by atoms with Crippen LogP contribution in [0.4, 0.5) is 10.6 Å². The fourth-order valence-corrected chi connectivity index (χ4v) is 7.02. The standard InChI is InChI=1S/C32H52N6O4Si/c1-32(2,3)42-31(39)37-15-13-36(14-16-37)26-9-7-25(8-10-26)35-29-28-27(24-11-17-40-18-12-24)21-38(30(28)34-22-33-29)23-41-19-20-43(4,5)6/h11,21-22,25-26H,7-10,12-20,23H2,1-6H3,(H,33,34,35)/t25-,26-. The van der Waals surface area contributed by atoms with Crippen LogP contribution in [0.2, 0.25) is 25.7 Å². The quantitative estimate of drug-likeness (QED) is 0.280. The van der Waals surface area contributed by atoms with Gasteiger partial charge in [0.15, 0.2) is 0 Å². The smallest absolute Gasteiger partial charge is 0.410 e. The Bertz CT molecular complexity index is 1270. The lowest BCUT2D eigenvalue weighted by Gasteiger charge is -2.42. The van der Waals surface area contributed by atoms with Crippen LogP contribution >= 0.6 is 0 Å². The molecule has 5 rings (SSSR count). The van der Waals surface area contributed by atoms with E-state index in [-0.39, 0.29) is 6.09 Å². The Morgan fingerprint density at radius 1 is 1.09 bits per heavy atom. The highest BCUT2D eigenvalue weighted by atomic mass is 28.3. The average molecular weight is 613 g/mol. The van der Waals surface area contributed by atoms with Gasteiger partial charge in [-0.2, -0.15) is 0 Å². The van der Waals surface area contributed by atoms with E-state index in [4.69, 9.17) is 24.2 Å². The van der Waals surface area contributed by atoms with Crippen molar-refractivity contribution in [1.82, 2.24) is 24.3 Å². The van der Waals surface area contributed by atoms with Crippen LogP contribution in [-0.4, -0.2) is 102 Å². The summed E-state index contributed by atoms with van der Waals surface area (Å²) in [6, 6.07) is 2.07. The molecule has 2 aromatic heterocycles. The highest BCUT2D eigenvalue weighted by molar-refractivity contribution is 6.76. The Balaban J connectivity index is 1.22. The Labute approximate surface area is 258 Å². The molecule has 0 aromatic carbocycles. The van der Waals surface area contributed by atoms with Crippen molar-refractivity contribution >= 4 is 36.6 Å². The number of amides is 1. The van der Waals surface area contributed by atoms with Gasteiger partial charge in [-0.3, -0.25) is 4.90 Å². The summed E-state index contributed by atoms with van der Waals surface area (Å²) in [4.78, 5) is 26.4. The number of carbonyl (C=O) groups is 1. The minimum Gasteiger partial charge on any atom is -0.444 e. The second kappa shape index (κ2) is 13.7. The first-order chi connectivity index (χ1) is 20.5. The van der Waals surface area contributed by atoms with Gasteiger partial charge in [-0.25, -0.2) is 14.8 Å². The van der Waals surface area contributed by atoms with E-state index in [1.165, 1.54) is 11.1 Å². The monoisotopic (exact) mass is 612 g/mol. The lowest BCUT2D eigenvalue weighted by molar-refractivity contribution is 0.00806. The Morgan fingerprint density at radius 2 is 1.84 bits per heavy atom. The molecule has 11 heteroatoms. The van der Waals surface area contributed by atoms with Crippen molar-refractivity contribution in [3.05, 3.63) is 24.2 Å². The lowest BCUT2D eigenvalue weighted by atomic mass is 9.89. The van der Waals surface area contributed by atoms with Gasteiger partial charge in [0.1, 0.15) is 30.1 Å². The van der Waals surface area contributed by atoms with E-state index in [0.717, 1.165) is 94.4 Å². The van der Waals surface area contributed by atoms with E-state index in [1.54, 1.807) is 6.33 Å². The molecule has 2 aromatic rings. The third kappa shape index (κ3) is 8.58. The zero-order chi connectivity index (χ0) is 30.6. The number of hydrogen-bond acceptors (Lipinski definition) is 8. The molecule has 43 heavy (non-hydrogen) atoms. The van der Waals surface area contributed by atoms with Crippen LogP contribution in [0, 0.1) is 0 Å². The van der Waals surface area contributed by atoms with Crippen molar-refractivity contribution in [3.8, 4) is 0 Å². The van der Waals surface area contributed by atoms with E-state index in [9.17, 15) is 4.79 Å². The fraction of sp³-hybridized carbons (Fsp3) is 0.719. The topological polar surface area (TPSA) is 94.0 Å². The number of rotatable bonds is 9. The van der Waals surface area contributed by atoms with Gasteiger partial charge in [-0.05, 0) is 64.5 Å². The number of nitrogens with zero attached hydrogens (tertiary/aromatic N) is 5. The molecule has 0 atom stereocenters. The lowest BCUT2D eigenvalue weighted by Crippen LogP contribution is -2.53. The number of fused-ring (bicyclic) bond motifs is 1. The molecule has 10 nitrogen and oxygen atoms in total. The molecular formula is C32H52N6O4Si. The van der Waals surface area contributed by atoms with Crippen molar-refractivity contribution in [2.75, 3.05) is 51.3 Å². The van der Waals surface area contributed by atoms with Gasteiger partial charge in [0, 0.05) is 64.7 Å². The molecule has 1 saturated carbocycles. The van der Waals surface area contributed by atoms with Gasteiger partial charge in [0.25, 0.3) is 0 Å². The minimum atomic E-state index is -1.15. The molecule has 1 aliphatic carbocycles. The number of anilines is 1. The van der Waals surface area contributed by atoms with Crippen molar-refractivity contribution < 1.29 is 19.0 Å². The summed E-state index contributed by atoms with van der Waals surface area (Å²) in [7, 11) is -1.15.